The Labute approximate surface area is 170 Å². The molecule has 0 radical (unpaired) electrons. The molecule has 0 saturated carbocycles. The van der Waals surface area contributed by atoms with E-state index in [-0.39, 0.29) is 12.5 Å². The Bertz CT molecular complexity index is 1140. The van der Waals surface area contributed by atoms with E-state index in [4.69, 9.17) is 0 Å². The quantitative estimate of drug-likeness (QED) is 0.627. The summed E-state index contributed by atoms with van der Waals surface area (Å²) in [6, 6.07) is 13.9. The van der Waals surface area contributed by atoms with Gasteiger partial charge in [0.25, 0.3) is 5.91 Å². The summed E-state index contributed by atoms with van der Waals surface area (Å²) in [5.74, 6) is -0.848. The molecule has 30 heavy (non-hydrogen) atoms. The molecule has 2 aliphatic rings. The molecule has 150 valence electrons. The van der Waals surface area contributed by atoms with Crippen molar-refractivity contribution in [1.29, 1.82) is 0 Å². The number of hydrogen-bond acceptors (Lipinski definition) is 6. The molecule has 10 heteroatoms. The van der Waals surface area contributed by atoms with Crippen LogP contribution in [0.3, 0.4) is 0 Å². The lowest BCUT2D eigenvalue weighted by Gasteiger charge is -2.22. The van der Waals surface area contributed by atoms with E-state index in [9.17, 15) is 14.4 Å². The molecule has 1 aliphatic carbocycles. The molecule has 10 nitrogen and oxygen atoms in total. The van der Waals surface area contributed by atoms with E-state index in [2.05, 4.69) is 26.2 Å². The summed E-state index contributed by atoms with van der Waals surface area (Å²) < 4.78 is 1.48. The van der Waals surface area contributed by atoms with Gasteiger partial charge in [-0.05, 0) is 58.7 Å². The second kappa shape index (κ2) is 6.76. The van der Waals surface area contributed by atoms with E-state index in [1.807, 2.05) is 24.3 Å². The second-order valence-electron chi connectivity index (χ2n) is 7.23. The highest BCUT2D eigenvalue weighted by molar-refractivity contribution is 6.10. The molecule has 1 fully saturated rings. The number of urea groups is 1. The van der Waals surface area contributed by atoms with Gasteiger partial charge in [0.1, 0.15) is 18.4 Å². The van der Waals surface area contributed by atoms with Gasteiger partial charge in [-0.25, -0.2) is 9.48 Å². The molecule has 0 unspecified atom stereocenters. The molecular formula is C20H17N7O3. The van der Waals surface area contributed by atoms with Crippen molar-refractivity contribution in [1.82, 2.24) is 30.4 Å². The van der Waals surface area contributed by atoms with Crippen LogP contribution in [0.4, 0.5) is 10.5 Å². The number of nitrogens with zero attached hydrogens (tertiary/aromatic N) is 5. The first kappa shape index (κ1) is 18.0. The van der Waals surface area contributed by atoms with Crippen LogP contribution in [-0.4, -0.2) is 49.5 Å². The van der Waals surface area contributed by atoms with Gasteiger partial charge in [-0.2, -0.15) is 0 Å². The zero-order valence-electron chi connectivity index (χ0n) is 15.8. The van der Waals surface area contributed by atoms with Crippen LogP contribution in [0.15, 0.2) is 54.9 Å². The lowest BCUT2D eigenvalue weighted by Crippen LogP contribution is -2.42. The summed E-state index contributed by atoms with van der Waals surface area (Å²) >= 11 is 0. The molecule has 2 aromatic carbocycles. The van der Waals surface area contributed by atoms with E-state index < -0.39 is 17.5 Å². The Morgan fingerprint density at radius 2 is 1.93 bits per heavy atom. The Morgan fingerprint density at radius 3 is 2.70 bits per heavy atom. The number of aromatic nitrogens is 4. The zero-order chi connectivity index (χ0) is 20.7. The number of rotatable bonds is 4. The molecule has 1 aliphatic heterocycles. The standard InChI is InChI=1S/C20H17N7O3/c28-17(22-14-5-7-15(8-6-14)27-12-21-24-25-27)11-26-18(29)20(23-19(26)30)10-9-13-3-1-2-4-16(13)20/h1-8,12H,9-11H2,(H,22,28)(H,23,30)/t20-/m0/s1. The van der Waals surface area contributed by atoms with E-state index >= 15 is 0 Å². The van der Waals surface area contributed by atoms with Gasteiger partial charge in [0.2, 0.25) is 5.91 Å². The molecule has 5 rings (SSSR count). The normalized spacial score (nSPS) is 19.8. The average Bonchev–Trinajstić information content (AvgIpc) is 3.46. The predicted molar refractivity (Wildman–Crippen MR) is 104 cm³/mol. The summed E-state index contributed by atoms with van der Waals surface area (Å²) in [5.41, 5.74) is 2.05. The van der Waals surface area contributed by atoms with E-state index in [1.54, 1.807) is 24.3 Å². The fourth-order valence-corrected chi connectivity index (χ4v) is 4.05. The van der Waals surface area contributed by atoms with E-state index in [0.717, 1.165) is 21.7 Å². The van der Waals surface area contributed by atoms with Crippen molar-refractivity contribution in [2.75, 3.05) is 11.9 Å². The van der Waals surface area contributed by atoms with Crippen molar-refractivity contribution in [3.63, 3.8) is 0 Å². The van der Waals surface area contributed by atoms with E-state index in [0.29, 0.717) is 18.5 Å². The maximum atomic E-state index is 13.1. The SMILES string of the molecule is O=C(CN1C(=O)N[C@]2(CCc3ccccc32)C1=O)Nc1ccc(-n2cnnn2)cc1. The highest BCUT2D eigenvalue weighted by Crippen LogP contribution is 2.41. The number of anilines is 1. The smallest absolute Gasteiger partial charge is 0.325 e. The van der Waals surface area contributed by atoms with Crippen molar-refractivity contribution in [3.8, 4) is 5.69 Å². The third-order valence-electron chi connectivity index (χ3n) is 5.49. The van der Waals surface area contributed by atoms with Crippen LogP contribution < -0.4 is 10.6 Å². The minimum atomic E-state index is -1.07. The molecule has 1 aromatic heterocycles. The molecule has 1 spiro atoms. The van der Waals surface area contributed by atoms with Gasteiger partial charge in [-0.15, -0.1) is 5.10 Å². The van der Waals surface area contributed by atoms with E-state index in [1.165, 1.54) is 11.0 Å². The number of tetrazole rings is 1. The molecule has 2 heterocycles. The maximum Gasteiger partial charge on any atom is 0.325 e. The number of benzene rings is 2. The number of carbonyl (C=O) groups is 3. The minimum absolute atomic E-state index is 0.358. The highest BCUT2D eigenvalue weighted by Gasteiger charge is 2.55. The topological polar surface area (TPSA) is 122 Å². The van der Waals surface area contributed by atoms with Gasteiger partial charge < -0.3 is 10.6 Å². The Balaban J connectivity index is 1.29. The largest absolute Gasteiger partial charge is 0.325 e. The summed E-state index contributed by atoms with van der Waals surface area (Å²) in [4.78, 5) is 39.1. The van der Waals surface area contributed by atoms with Crippen LogP contribution in [0.5, 0.6) is 0 Å². The summed E-state index contributed by atoms with van der Waals surface area (Å²) in [7, 11) is 0. The third-order valence-corrected chi connectivity index (χ3v) is 5.49. The van der Waals surface area contributed by atoms with Crippen LogP contribution in [-0.2, 0) is 21.5 Å². The Kier molecular flexibility index (Phi) is 4.05. The van der Waals surface area contributed by atoms with Crippen LogP contribution in [0.1, 0.15) is 17.5 Å². The van der Waals surface area contributed by atoms with Crippen molar-refractivity contribution in [3.05, 3.63) is 66.0 Å². The first-order chi connectivity index (χ1) is 14.6. The fourth-order valence-electron chi connectivity index (χ4n) is 4.05. The highest BCUT2D eigenvalue weighted by atomic mass is 16.2. The molecule has 1 saturated heterocycles. The third kappa shape index (κ3) is 2.81. The van der Waals surface area contributed by atoms with Crippen LogP contribution in [0.25, 0.3) is 5.69 Å². The van der Waals surface area contributed by atoms with Crippen molar-refractivity contribution in [2.45, 2.75) is 18.4 Å². The van der Waals surface area contributed by atoms with Crippen molar-refractivity contribution >= 4 is 23.5 Å². The van der Waals surface area contributed by atoms with Crippen LogP contribution >= 0.6 is 0 Å². The molecule has 1 atom stereocenters. The van der Waals surface area contributed by atoms with Gasteiger partial charge >= 0.3 is 6.03 Å². The zero-order valence-corrected chi connectivity index (χ0v) is 15.8. The number of amides is 4. The van der Waals surface area contributed by atoms with Gasteiger partial charge in [-0.3, -0.25) is 14.5 Å². The molecule has 2 N–H and O–H groups in total. The van der Waals surface area contributed by atoms with Gasteiger partial charge in [0, 0.05) is 5.69 Å². The lowest BCUT2D eigenvalue weighted by atomic mass is 9.92. The number of aryl methyl sites for hydroxylation is 1. The number of fused-ring (bicyclic) bond motifs is 2. The number of hydrogen-bond donors (Lipinski definition) is 2. The second-order valence-corrected chi connectivity index (χ2v) is 7.23. The van der Waals surface area contributed by atoms with Crippen LogP contribution in [0.2, 0.25) is 0 Å². The summed E-state index contributed by atoms with van der Waals surface area (Å²) in [5, 5.41) is 16.5. The summed E-state index contributed by atoms with van der Waals surface area (Å²) in [6.45, 7) is -0.358. The molecule has 3 aromatic rings. The summed E-state index contributed by atoms with van der Waals surface area (Å²) in [6.07, 6.45) is 2.66. The molecule has 0 bridgehead atoms. The average molecular weight is 403 g/mol. The Morgan fingerprint density at radius 1 is 1.13 bits per heavy atom. The number of nitrogens with one attached hydrogen (secondary N) is 2. The Hall–Kier alpha value is -4.08. The maximum absolute atomic E-state index is 13.1. The minimum Gasteiger partial charge on any atom is -0.325 e. The van der Waals surface area contributed by atoms with Crippen LogP contribution in [0, 0.1) is 0 Å². The van der Waals surface area contributed by atoms with Crippen molar-refractivity contribution in [2.24, 2.45) is 0 Å². The first-order valence-electron chi connectivity index (χ1n) is 9.43. The number of carbonyl (C=O) groups excluding carboxylic acids is 3. The fraction of sp³-hybridized carbons (Fsp3) is 0.200. The van der Waals surface area contributed by atoms with Gasteiger partial charge in [0.15, 0.2) is 0 Å². The first-order valence-corrected chi connectivity index (χ1v) is 9.43. The van der Waals surface area contributed by atoms with Gasteiger partial charge in [0.05, 0.1) is 5.69 Å². The van der Waals surface area contributed by atoms with Crippen molar-refractivity contribution < 1.29 is 14.4 Å². The lowest BCUT2D eigenvalue weighted by molar-refractivity contribution is -0.134. The van der Waals surface area contributed by atoms with Gasteiger partial charge in [-0.1, -0.05) is 24.3 Å². The predicted octanol–water partition coefficient (Wildman–Crippen LogP) is 0.994. The molecular weight excluding hydrogens is 386 g/mol. The molecule has 4 amide bonds. The monoisotopic (exact) mass is 403 g/mol. The number of imide groups is 1.